The van der Waals surface area contributed by atoms with Crippen LogP contribution in [0.2, 0.25) is 0 Å². The van der Waals surface area contributed by atoms with Crippen LogP contribution in [0.1, 0.15) is 58.4 Å². The third kappa shape index (κ3) is 6.98. The molecule has 7 heteroatoms. The molecule has 1 N–H and O–H groups in total. The number of benzene rings is 1. The summed E-state index contributed by atoms with van der Waals surface area (Å²) in [6.45, 7) is 6.61. The van der Waals surface area contributed by atoms with Crippen LogP contribution in [-0.4, -0.2) is 48.6 Å². The number of allylic oxidation sites excluding steroid dienone is 2. The SMILES string of the molecule is CCOC(=O)CCOC1CC(c2ccc(F)cc2)=C(C=C[C@H]2C[C@H](O)CC(=O)O2)C(C)(C)C1. The van der Waals surface area contributed by atoms with Gasteiger partial charge in [-0.1, -0.05) is 32.1 Å². The topological polar surface area (TPSA) is 82.1 Å². The van der Waals surface area contributed by atoms with Crippen molar-refractivity contribution < 1.29 is 33.3 Å². The van der Waals surface area contributed by atoms with Gasteiger partial charge in [-0.2, -0.15) is 0 Å². The Balaban J connectivity index is 1.85. The van der Waals surface area contributed by atoms with Gasteiger partial charge >= 0.3 is 11.9 Å². The Morgan fingerprint density at radius 1 is 1.27 bits per heavy atom. The van der Waals surface area contributed by atoms with Crippen LogP contribution in [-0.2, 0) is 23.8 Å². The summed E-state index contributed by atoms with van der Waals surface area (Å²) in [4.78, 5) is 23.4. The van der Waals surface area contributed by atoms with Crippen molar-refractivity contribution in [3.8, 4) is 0 Å². The zero-order valence-electron chi connectivity index (χ0n) is 19.5. The van der Waals surface area contributed by atoms with Gasteiger partial charge in [0.15, 0.2) is 0 Å². The Kier molecular flexibility index (Phi) is 8.43. The normalized spacial score (nSPS) is 25.2. The van der Waals surface area contributed by atoms with Crippen LogP contribution in [0.5, 0.6) is 0 Å². The molecule has 6 nitrogen and oxygen atoms in total. The molecule has 3 atom stereocenters. The average Bonchev–Trinajstić information content (AvgIpc) is 2.72. The van der Waals surface area contributed by atoms with Gasteiger partial charge in [-0.05, 0) is 60.1 Å². The molecule has 1 aromatic carbocycles. The molecule has 0 amide bonds. The Morgan fingerprint density at radius 3 is 2.67 bits per heavy atom. The second-order valence-corrected chi connectivity index (χ2v) is 9.22. The highest BCUT2D eigenvalue weighted by Crippen LogP contribution is 2.45. The Hall–Kier alpha value is -2.51. The van der Waals surface area contributed by atoms with Gasteiger partial charge in [0, 0.05) is 6.42 Å². The molecule has 0 bridgehead atoms. The maximum atomic E-state index is 13.6. The summed E-state index contributed by atoms with van der Waals surface area (Å²) >= 11 is 0. The maximum Gasteiger partial charge on any atom is 0.309 e. The van der Waals surface area contributed by atoms with Crippen molar-refractivity contribution in [1.29, 1.82) is 0 Å². The molecule has 1 aliphatic heterocycles. The lowest BCUT2D eigenvalue weighted by Gasteiger charge is -2.39. The molecule has 33 heavy (non-hydrogen) atoms. The van der Waals surface area contributed by atoms with Crippen molar-refractivity contribution in [2.75, 3.05) is 13.2 Å². The molecule has 1 aromatic rings. The predicted molar refractivity (Wildman–Crippen MR) is 122 cm³/mol. The monoisotopic (exact) mass is 460 g/mol. The smallest absolute Gasteiger partial charge is 0.309 e. The molecule has 1 unspecified atom stereocenters. The number of hydrogen-bond donors (Lipinski definition) is 1. The molecule has 1 fully saturated rings. The first-order valence-corrected chi connectivity index (χ1v) is 11.5. The highest BCUT2D eigenvalue weighted by Gasteiger charge is 2.35. The molecule has 2 aliphatic rings. The van der Waals surface area contributed by atoms with Gasteiger partial charge in [0.2, 0.25) is 0 Å². The van der Waals surface area contributed by atoms with Crippen molar-refractivity contribution >= 4 is 17.5 Å². The van der Waals surface area contributed by atoms with E-state index in [-0.39, 0.29) is 42.8 Å². The van der Waals surface area contributed by atoms with E-state index in [0.717, 1.165) is 23.1 Å². The second-order valence-electron chi connectivity index (χ2n) is 9.22. The predicted octanol–water partition coefficient (Wildman–Crippen LogP) is 4.36. The van der Waals surface area contributed by atoms with Gasteiger partial charge < -0.3 is 19.3 Å². The summed E-state index contributed by atoms with van der Waals surface area (Å²) in [6, 6.07) is 6.36. The number of carbonyl (C=O) groups excluding carboxylic acids is 2. The fraction of sp³-hybridized carbons (Fsp3) is 0.538. The summed E-state index contributed by atoms with van der Waals surface area (Å²) in [5.74, 6) is -0.999. The van der Waals surface area contributed by atoms with E-state index < -0.39 is 18.2 Å². The lowest BCUT2D eigenvalue weighted by molar-refractivity contribution is -0.156. The average molecular weight is 461 g/mol. The number of carbonyl (C=O) groups is 2. The zero-order valence-corrected chi connectivity index (χ0v) is 19.5. The molecular formula is C26H33FO6. The van der Waals surface area contributed by atoms with Crippen LogP contribution in [0.3, 0.4) is 0 Å². The van der Waals surface area contributed by atoms with Crippen molar-refractivity contribution in [3.05, 3.63) is 53.4 Å². The third-order valence-corrected chi connectivity index (χ3v) is 6.05. The number of cyclic esters (lactones) is 1. The molecule has 0 saturated carbocycles. The van der Waals surface area contributed by atoms with E-state index in [0.29, 0.717) is 19.4 Å². The van der Waals surface area contributed by atoms with Gasteiger partial charge in [-0.25, -0.2) is 4.39 Å². The number of aliphatic hydroxyl groups is 1. The Morgan fingerprint density at radius 2 is 2.00 bits per heavy atom. The zero-order chi connectivity index (χ0) is 24.0. The number of esters is 2. The summed E-state index contributed by atoms with van der Waals surface area (Å²) in [5, 5.41) is 9.90. The summed E-state index contributed by atoms with van der Waals surface area (Å²) in [5.41, 5.74) is 2.68. The molecule has 0 aromatic heterocycles. The van der Waals surface area contributed by atoms with Gasteiger partial charge in [0.1, 0.15) is 11.9 Å². The number of hydrogen-bond acceptors (Lipinski definition) is 6. The van der Waals surface area contributed by atoms with Crippen LogP contribution in [0.25, 0.3) is 5.57 Å². The molecule has 0 spiro atoms. The largest absolute Gasteiger partial charge is 0.466 e. The second kappa shape index (κ2) is 11.1. The van der Waals surface area contributed by atoms with Crippen LogP contribution in [0.15, 0.2) is 42.0 Å². The molecule has 1 heterocycles. The quantitative estimate of drug-likeness (QED) is 0.581. The minimum Gasteiger partial charge on any atom is -0.466 e. The van der Waals surface area contributed by atoms with Crippen LogP contribution >= 0.6 is 0 Å². The number of aliphatic hydroxyl groups excluding tert-OH is 1. The molecule has 1 saturated heterocycles. The first-order chi connectivity index (χ1) is 15.7. The first-order valence-electron chi connectivity index (χ1n) is 11.5. The van der Waals surface area contributed by atoms with Gasteiger partial charge in [-0.3, -0.25) is 9.59 Å². The first kappa shape index (κ1) is 25.1. The van der Waals surface area contributed by atoms with E-state index >= 15 is 0 Å². The van der Waals surface area contributed by atoms with Crippen LogP contribution < -0.4 is 0 Å². The molecular weight excluding hydrogens is 427 g/mol. The molecule has 3 rings (SSSR count). The van der Waals surface area contributed by atoms with Crippen molar-refractivity contribution in [1.82, 2.24) is 0 Å². The lowest BCUT2D eigenvalue weighted by atomic mass is 9.69. The minimum absolute atomic E-state index is 0.0180. The summed E-state index contributed by atoms with van der Waals surface area (Å²) in [7, 11) is 0. The van der Waals surface area contributed by atoms with Gasteiger partial charge in [-0.15, -0.1) is 0 Å². The summed E-state index contributed by atoms with van der Waals surface area (Å²) < 4.78 is 30.0. The molecule has 1 aliphatic carbocycles. The minimum atomic E-state index is -0.706. The van der Waals surface area contributed by atoms with E-state index in [1.807, 2.05) is 12.2 Å². The van der Waals surface area contributed by atoms with Crippen molar-refractivity contribution in [2.24, 2.45) is 5.41 Å². The fourth-order valence-corrected chi connectivity index (χ4v) is 4.54. The van der Waals surface area contributed by atoms with E-state index in [9.17, 15) is 19.1 Å². The number of rotatable bonds is 8. The van der Waals surface area contributed by atoms with Crippen LogP contribution in [0.4, 0.5) is 4.39 Å². The van der Waals surface area contributed by atoms with Gasteiger partial charge in [0.25, 0.3) is 0 Å². The summed E-state index contributed by atoms with van der Waals surface area (Å²) in [6.07, 6.45) is 4.39. The highest BCUT2D eigenvalue weighted by molar-refractivity contribution is 5.74. The lowest BCUT2D eigenvalue weighted by Crippen LogP contribution is -2.32. The third-order valence-electron chi connectivity index (χ3n) is 6.05. The van der Waals surface area contributed by atoms with Crippen LogP contribution in [0, 0.1) is 11.2 Å². The van der Waals surface area contributed by atoms with E-state index in [2.05, 4.69) is 13.8 Å². The number of ether oxygens (including phenoxy) is 3. The molecule has 0 radical (unpaired) electrons. The fourth-order valence-electron chi connectivity index (χ4n) is 4.54. The van der Waals surface area contributed by atoms with E-state index in [4.69, 9.17) is 14.2 Å². The highest BCUT2D eigenvalue weighted by atomic mass is 19.1. The standard InChI is InChI=1S/C26H33FO6/c1-4-31-24(29)11-12-32-21-15-22(17-5-7-18(27)8-6-17)23(26(2,3)16-21)10-9-20-13-19(28)14-25(30)33-20/h5-10,19-21,28H,4,11-16H2,1-3H3/t19-,20-,21?/m0/s1. The van der Waals surface area contributed by atoms with E-state index in [1.165, 1.54) is 12.1 Å². The Bertz CT molecular complexity index is 902. The number of halogens is 1. The Labute approximate surface area is 194 Å². The van der Waals surface area contributed by atoms with E-state index in [1.54, 1.807) is 19.1 Å². The maximum absolute atomic E-state index is 13.6. The van der Waals surface area contributed by atoms with Crippen molar-refractivity contribution in [3.63, 3.8) is 0 Å². The van der Waals surface area contributed by atoms with Crippen molar-refractivity contribution in [2.45, 2.75) is 71.2 Å². The van der Waals surface area contributed by atoms with Gasteiger partial charge in [0.05, 0.1) is 38.3 Å². The molecule has 180 valence electrons.